The summed E-state index contributed by atoms with van der Waals surface area (Å²) in [6.45, 7) is 10.2. The number of hydrogen-bond donors (Lipinski definition) is 1. The monoisotopic (exact) mass is 469 g/mol. The molecule has 0 radical (unpaired) electrons. The van der Waals surface area contributed by atoms with Gasteiger partial charge in [-0.3, -0.25) is 0 Å². The molecule has 4 heterocycles. The fraction of sp³-hybridized carbons (Fsp3) is 0.654. The minimum absolute atomic E-state index is 0.0522. The number of nitrogens with zero attached hydrogens (tertiary/aromatic N) is 1. The third-order valence-electron chi connectivity index (χ3n) is 10.2. The van der Waals surface area contributed by atoms with E-state index in [9.17, 15) is 14.8 Å². The van der Waals surface area contributed by atoms with E-state index in [2.05, 4.69) is 25.9 Å². The lowest BCUT2D eigenvalue weighted by Gasteiger charge is -2.65. The summed E-state index contributed by atoms with van der Waals surface area (Å²) in [5, 5.41) is 14.2. The standard InChI is InChI=1S/C26H31NO7/c1-22(2)16-12-17(27-30)25(5)15(23(16,3)9-7-18(28)33-22)6-10-24(4)19(14-8-11-31-13-14)32-21(29)20-26(24,25)34-20/h7-9,11,13,15-16,19-20,30H,6,10,12H2,1-5H3/b27-17+/t15-,16+,19-,20-,23-,24+,25+,26-/m1/s1. The normalized spacial score (nSPS) is 49.6. The van der Waals surface area contributed by atoms with Gasteiger partial charge >= 0.3 is 11.9 Å². The van der Waals surface area contributed by atoms with Crippen molar-refractivity contribution in [2.24, 2.45) is 33.2 Å². The Morgan fingerprint density at radius 1 is 1.09 bits per heavy atom. The molecule has 1 spiro atoms. The van der Waals surface area contributed by atoms with Crippen molar-refractivity contribution < 1.29 is 33.4 Å². The first-order chi connectivity index (χ1) is 16.0. The zero-order valence-electron chi connectivity index (χ0n) is 20.2. The van der Waals surface area contributed by atoms with Gasteiger partial charge in [-0.2, -0.15) is 0 Å². The van der Waals surface area contributed by atoms with Crippen LogP contribution < -0.4 is 0 Å². The molecule has 8 atom stereocenters. The first kappa shape index (κ1) is 21.9. The van der Waals surface area contributed by atoms with Crippen molar-refractivity contribution in [2.45, 2.75) is 77.3 Å². The third kappa shape index (κ3) is 2.26. The van der Waals surface area contributed by atoms with Crippen molar-refractivity contribution in [1.82, 2.24) is 0 Å². The zero-order chi connectivity index (χ0) is 24.3. The highest BCUT2D eigenvalue weighted by Gasteiger charge is 2.87. The lowest BCUT2D eigenvalue weighted by molar-refractivity contribution is -0.196. The van der Waals surface area contributed by atoms with E-state index < -0.39 is 45.6 Å². The first-order valence-corrected chi connectivity index (χ1v) is 12.0. The molecule has 0 aromatic carbocycles. The van der Waals surface area contributed by atoms with Crippen LogP contribution in [0.1, 0.15) is 65.5 Å². The second-order valence-corrected chi connectivity index (χ2v) is 11.8. The summed E-state index contributed by atoms with van der Waals surface area (Å²) in [4.78, 5) is 25.6. The van der Waals surface area contributed by atoms with Crippen molar-refractivity contribution in [3.8, 4) is 0 Å². The minimum Gasteiger partial charge on any atom is -0.472 e. The minimum atomic E-state index is -0.898. The quantitative estimate of drug-likeness (QED) is 0.284. The lowest BCUT2D eigenvalue weighted by atomic mass is 9.37. The first-order valence-electron chi connectivity index (χ1n) is 12.0. The highest BCUT2D eigenvalue weighted by molar-refractivity contribution is 5.96. The maximum Gasteiger partial charge on any atom is 0.339 e. The second-order valence-electron chi connectivity index (χ2n) is 11.8. The molecular formula is C26H31NO7. The zero-order valence-corrected chi connectivity index (χ0v) is 20.2. The molecule has 2 aliphatic carbocycles. The molecule has 182 valence electrons. The molecule has 1 aromatic heterocycles. The number of carbonyl (C=O) groups is 2. The van der Waals surface area contributed by atoms with Gasteiger partial charge < -0.3 is 23.8 Å². The molecule has 8 heteroatoms. The average Bonchev–Trinajstić information content (AvgIpc) is 3.36. The predicted molar refractivity (Wildman–Crippen MR) is 119 cm³/mol. The number of oxime groups is 1. The fourth-order valence-electron chi connectivity index (χ4n) is 8.66. The Morgan fingerprint density at radius 3 is 2.53 bits per heavy atom. The van der Waals surface area contributed by atoms with E-state index >= 15 is 0 Å². The van der Waals surface area contributed by atoms with Crippen molar-refractivity contribution >= 4 is 17.7 Å². The van der Waals surface area contributed by atoms with Gasteiger partial charge in [0.25, 0.3) is 0 Å². The number of furan rings is 1. The second kappa shape index (κ2) is 6.33. The van der Waals surface area contributed by atoms with Crippen LogP contribution in [0, 0.1) is 28.1 Å². The number of hydrogen-bond acceptors (Lipinski definition) is 8. The summed E-state index contributed by atoms with van der Waals surface area (Å²) in [6, 6.07) is 1.83. The van der Waals surface area contributed by atoms with Crippen LogP contribution in [0.15, 0.2) is 40.3 Å². The molecule has 2 saturated heterocycles. The van der Waals surface area contributed by atoms with Crippen LogP contribution in [0.5, 0.6) is 0 Å². The molecule has 1 aromatic rings. The maximum absolute atomic E-state index is 13.1. The predicted octanol–water partition coefficient (Wildman–Crippen LogP) is 4.19. The summed E-state index contributed by atoms with van der Waals surface area (Å²) in [5.74, 6) is -0.927. The van der Waals surface area contributed by atoms with Gasteiger partial charge in [0, 0.05) is 28.4 Å². The van der Waals surface area contributed by atoms with Gasteiger partial charge in [-0.1, -0.05) is 32.0 Å². The molecule has 3 aliphatic heterocycles. The van der Waals surface area contributed by atoms with Crippen LogP contribution in [0.25, 0.3) is 0 Å². The molecule has 1 N–H and O–H groups in total. The number of carbonyl (C=O) groups excluding carboxylic acids is 2. The van der Waals surface area contributed by atoms with Crippen molar-refractivity contribution in [1.29, 1.82) is 0 Å². The van der Waals surface area contributed by atoms with Crippen molar-refractivity contribution in [3.63, 3.8) is 0 Å². The number of esters is 2. The number of ether oxygens (including phenoxy) is 3. The molecule has 0 unspecified atom stereocenters. The largest absolute Gasteiger partial charge is 0.472 e. The third-order valence-corrected chi connectivity index (χ3v) is 10.2. The summed E-state index contributed by atoms with van der Waals surface area (Å²) < 4.78 is 23.5. The highest BCUT2D eigenvalue weighted by atomic mass is 16.7. The van der Waals surface area contributed by atoms with Crippen LogP contribution in [-0.2, 0) is 23.8 Å². The van der Waals surface area contributed by atoms with E-state index in [1.165, 1.54) is 6.08 Å². The molecule has 34 heavy (non-hydrogen) atoms. The maximum atomic E-state index is 13.1. The number of cyclic esters (lactones) is 2. The van der Waals surface area contributed by atoms with Gasteiger partial charge in [0.1, 0.15) is 17.3 Å². The molecule has 4 fully saturated rings. The Kier molecular flexibility index (Phi) is 4.08. The molecule has 0 amide bonds. The molecule has 0 bridgehead atoms. The summed E-state index contributed by atoms with van der Waals surface area (Å²) >= 11 is 0. The number of epoxide rings is 1. The SMILES string of the molecule is CC1(C)OC(=O)C=C[C@]2(C)[C@H]3CC[C@@]4(C)[C@@H](c5ccoc5)OC(=O)[C@H]5O[C@]54[C@]3(C)/C(=N/O)C[C@@H]12. The van der Waals surface area contributed by atoms with Gasteiger partial charge in [-0.15, -0.1) is 0 Å². The Morgan fingerprint density at radius 2 is 1.85 bits per heavy atom. The number of allylic oxidation sites excluding steroid dienone is 1. The van der Waals surface area contributed by atoms with Gasteiger partial charge in [-0.25, -0.2) is 9.59 Å². The molecular weight excluding hydrogens is 438 g/mol. The topological polar surface area (TPSA) is 111 Å². The summed E-state index contributed by atoms with van der Waals surface area (Å²) in [6.07, 6.45) is 7.37. The van der Waals surface area contributed by atoms with E-state index in [1.54, 1.807) is 12.5 Å². The van der Waals surface area contributed by atoms with Crippen LogP contribution in [0.3, 0.4) is 0 Å². The molecule has 8 nitrogen and oxygen atoms in total. The number of fused-ring (bicyclic) bond motifs is 3. The molecule has 2 saturated carbocycles. The van der Waals surface area contributed by atoms with Crippen LogP contribution in [-0.4, -0.2) is 40.2 Å². The molecule has 5 aliphatic rings. The van der Waals surface area contributed by atoms with Gasteiger partial charge in [-0.05, 0) is 50.5 Å². The van der Waals surface area contributed by atoms with Crippen LogP contribution in [0.2, 0.25) is 0 Å². The van der Waals surface area contributed by atoms with Gasteiger partial charge in [0.05, 0.1) is 18.2 Å². The average molecular weight is 470 g/mol. The molecule has 6 rings (SSSR count). The van der Waals surface area contributed by atoms with Gasteiger partial charge in [0.2, 0.25) is 0 Å². The lowest BCUT2D eigenvalue weighted by Crippen LogP contribution is -2.71. The Labute approximate surface area is 198 Å². The fourth-order valence-corrected chi connectivity index (χ4v) is 8.66. The highest BCUT2D eigenvalue weighted by Crippen LogP contribution is 2.78. The van der Waals surface area contributed by atoms with E-state index in [0.717, 1.165) is 18.4 Å². The van der Waals surface area contributed by atoms with E-state index in [-0.39, 0.29) is 17.8 Å². The Hall–Kier alpha value is -2.61. The summed E-state index contributed by atoms with van der Waals surface area (Å²) in [7, 11) is 0. The van der Waals surface area contributed by atoms with E-state index in [0.29, 0.717) is 12.1 Å². The number of rotatable bonds is 1. The van der Waals surface area contributed by atoms with E-state index in [1.807, 2.05) is 26.0 Å². The van der Waals surface area contributed by atoms with Crippen LogP contribution in [0.4, 0.5) is 0 Å². The Bertz CT molecular complexity index is 1140. The Balaban J connectivity index is 1.55. The van der Waals surface area contributed by atoms with Crippen molar-refractivity contribution in [2.75, 3.05) is 0 Å². The van der Waals surface area contributed by atoms with Crippen LogP contribution >= 0.6 is 0 Å². The van der Waals surface area contributed by atoms with Crippen molar-refractivity contribution in [3.05, 3.63) is 36.3 Å². The summed E-state index contributed by atoms with van der Waals surface area (Å²) in [5.41, 5.74) is -2.05. The van der Waals surface area contributed by atoms with Gasteiger partial charge in [0.15, 0.2) is 6.10 Å². The van der Waals surface area contributed by atoms with E-state index in [4.69, 9.17) is 18.6 Å². The smallest absolute Gasteiger partial charge is 0.339 e.